The average molecular weight is 183 g/mol. The minimum absolute atomic E-state index is 0.449. The number of nitrogens with zero attached hydrogens (tertiary/aromatic N) is 1. The van der Waals surface area contributed by atoms with E-state index in [2.05, 4.69) is 29.5 Å². The topological polar surface area (TPSA) is 50.1 Å². The fraction of sp³-hybridized carbons (Fsp3) is 0.667. The molecule has 1 unspecified atom stereocenters. The highest BCUT2D eigenvalue weighted by Crippen LogP contribution is 1.95. The molecule has 1 atom stereocenters. The summed E-state index contributed by atoms with van der Waals surface area (Å²) in [6.07, 6.45) is 3.18. The summed E-state index contributed by atoms with van der Waals surface area (Å²) in [5, 5.41) is 6.59. The molecule has 1 rings (SSSR count). The molecule has 1 aromatic rings. The van der Waals surface area contributed by atoms with Gasteiger partial charge in [-0.25, -0.2) is 4.98 Å². The number of hydrogen-bond donors (Lipinski definition) is 2. The maximum absolute atomic E-state index is 5.09. The van der Waals surface area contributed by atoms with Crippen LogP contribution in [0.4, 0.5) is 0 Å². The molecule has 0 aliphatic heterocycles. The highest BCUT2D eigenvalue weighted by atomic mass is 16.3. The molecule has 0 aliphatic rings. The Kier molecular flexibility index (Phi) is 4.49. The minimum Gasteiger partial charge on any atom is -0.447 e. The van der Waals surface area contributed by atoms with Crippen LogP contribution in [0.5, 0.6) is 0 Å². The Bertz CT molecular complexity index is 211. The Morgan fingerprint density at radius 2 is 2.46 bits per heavy atom. The SMILES string of the molecule is CCNCC(C)NCc1cnco1. The van der Waals surface area contributed by atoms with Crippen LogP contribution in [0.2, 0.25) is 0 Å². The summed E-state index contributed by atoms with van der Waals surface area (Å²) in [6.45, 7) is 6.97. The van der Waals surface area contributed by atoms with E-state index >= 15 is 0 Å². The van der Waals surface area contributed by atoms with Crippen LogP contribution in [0.3, 0.4) is 0 Å². The van der Waals surface area contributed by atoms with Crippen molar-refractivity contribution in [2.45, 2.75) is 26.4 Å². The molecule has 0 saturated heterocycles. The Labute approximate surface area is 78.7 Å². The molecule has 0 radical (unpaired) electrons. The molecule has 4 heteroatoms. The van der Waals surface area contributed by atoms with Gasteiger partial charge in [-0.1, -0.05) is 6.92 Å². The van der Waals surface area contributed by atoms with Crippen molar-refractivity contribution in [3.63, 3.8) is 0 Å². The molecule has 1 aromatic heterocycles. The molecule has 2 N–H and O–H groups in total. The van der Waals surface area contributed by atoms with Crippen LogP contribution in [0.25, 0.3) is 0 Å². The normalized spacial score (nSPS) is 13.1. The molecule has 0 fully saturated rings. The molecule has 13 heavy (non-hydrogen) atoms. The lowest BCUT2D eigenvalue weighted by molar-refractivity contribution is 0.442. The quantitative estimate of drug-likeness (QED) is 0.683. The van der Waals surface area contributed by atoms with Crippen molar-refractivity contribution in [1.29, 1.82) is 0 Å². The maximum atomic E-state index is 5.09. The van der Waals surface area contributed by atoms with E-state index in [9.17, 15) is 0 Å². The number of likely N-dealkylation sites (N-methyl/N-ethyl adjacent to an activating group) is 1. The van der Waals surface area contributed by atoms with Crippen molar-refractivity contribution in [3.05, 3.63) is 18.4 Å². The highest BCUT2D eigenvalue weighted by Gasteiger charge is 2.01. The summed E-state index contributed by atoms with van der Waals surface area (Å²) < 4.78 is 5.09. The molecule has 0 spiro atoms. The number of nitrogens with one attached hydrogen (secondary N) is 2. The van der Waals surface area contributed by atoms with Crippen molar-refractivity contribution in [2.24, 2.45) is 0 Å². The van der Waals surface area contributed by atoms with E-state index in [0.717, 1.165) is 25.4 Å². The second-order valence-corrected chi connectivity index (χ2v) is 3.06. The van der Waals surface area contributed by atoms with Gasteiger partial charge < -0.3 is 15.1 Å². The van der Waals surface area contributed by atoms with Crippen molar-refractivity contribution in [2.75, 3.05) is 13.1 Å². The van der Waals surface area contributed by atoms with Crippen LogP contribution in [0, 0.1) is 0 Å². The van der Waals surface area contributed by atoms with Crippen molar-refractivity contribution in [1.82, 2.24) is 15.6 Å². The standard InChI is InChI=1S/C9H17N3O/c1-3-10-4-8(2)12-6-9-5-11-7-13-9/h5,7-8,10,12H,3-4,6H2,1-2H3. The molecule has 4 nitrogen and oxygen atoms in total. The van der Waals surface area contributed by atoms with Gasteiger partial charge in [-0.15, -0.1) is 0 Å². The first-order valence-electron chi connectivity index (χ1n) is 4.64. The van der Waals surface area contributed by atoms with Crippen LogP contribution in [0.1, 0.15) is 19.6 Å². The molecule has 0 amide bonds. The monoisotopic (exact) mass is 183 g/mol. The summed E-state index contributed by atoms with van der Waals surface area (Å²) in [4.78, 5) is 3.84. The second kappa shape index (κ2) is 5.72. The van der Waals surface area contributed by atoms with Crippen LogP contribution < -0.4 is 10.6 Å². The van der Waals surface area contributed by atoms with E-state index < -0.39 is 0 Å². The Morgan fingerprint density at radius 3 is 3.08 bits per heavy atom. The van der Waals surface area contributed by atoms with Crippen LogP contribution in [-0.4, -0.2) is 24.1 Å². The zero-order valence-corrected chi connectivity index (χ0v) is 8.21. The van der Waals surface area contributed by atoms with Gasteiger partial charge in [-0.05, 0) is 13.5 Å². The highest BCUT2D eigenvalue weighted by molar-refractivity contribution is 4.87. The molecular weight excluding hydrogens is 166 g/mol. The van der Waals surface area contributed by atoms with Gasteiger partial charge in [-0.3, -0.25) is 0 Å². The zero-order chi connectivity index (χ0) is 9.52. The Morgan fingerprint density at radius 1 is 1.62 bits per heavy atom. The molecule has 1 heterocycles. The molecule has 0 saturated carbocycles. The van der Waals surface area contributed by atoms with E-state index in [1.165, 1.54) is 6.39 Å². The summed E-state index contributed by atoms with van der Waals surface area (Å²) in [6, 6.07) is 0.449. The van der Waals surface area contributed by atoms with Gasteiger partial charge >= 0.3 is 0 Å². The maximum Gasteiger partial charge on any atom is 0.180 e. The number of hydrogen-bond acceptors (Lipinski definition) is 4. The van der Waals surface area contributed by atoms with Gasteiger partial charge in [0, 0.05) is 12.6 Å². The zero-order valence-electron chi connectivity index (χ0n) is 8.21. The molecule has 0 aliphatic carbocycles. The van der Waals surface area contributed by atoms with Gasteiger partial charge in [0.05, 0.1) is 12.7 Å². The molecular formula is C9H17N3O. The lowest BCUT2D eigenvalue weighted by atomic mass is 10.3. The fourth-order valence-electron chi connectivity index (χ4n) is 1.04. The van der Waals surface area contributed by atoms with Gasteiger partial charge in [0.25, 0.3) is 0 Å². The van der Waals surface area contributed by atoms with E-state index in [1.54, 1.807) is 6.20 Å². The van der Waals surface area contributed by atoms with Crippen LogP contribution in [0.15, 0.2) is 17.0 Å². The predicted octanol–water partition coefficient (Wildman–Crippen LogP) is 0.762. The third-order valence-corrected chi connectivity index (χ3v) is 1.81. The number of oxazole rings is 1. The summed E-state index contributed by atoms with van der Waals surface area (Å²) in [5.41, 5.74) is 0. The molecule has 0 aromatic carbocycles. The Hall–Kier alpha value is -0.870. The van der Waals surface area contributed by atoms with E-state index in [1.807, 2.05) is 0 Å². The van der Waals surface area contributed by atoms with E-state index in [4.69, 9.17) is 4.42 Å². The summed E-state index contributed by atoms with van der Waals surface area (Å²) in [7, 11) is 0. The van der Waals surface area contributed by atoms with E-state index in [-0.39, 0.29) is 0 Å². The molecule has 74 valence electrons. The van der Waals surface area contributed by atoms with Crippen molar-refractivity contribution in [3.8, 4) is 0 Å². The van der Waals surface area contributed by atoms with Gasteiger partial charge in [0.1, 0.15) is 5.76 Å². The summed E-state index contributed by atoms with van der Waals surface area (Å²) >= 11 is 0. The van der Waals surface area contributed by atoms with Crippen molar-refractivity contribution >= 4 is 0 Å². The third-order valence-electron chi connectivity index (χ3n) is 1.81. The van der Waals surface area contributed by atoms with Gasteiger partial charge in [-0.2, -0.15) is 0 Å². The van der Waals surface area contributed by atoms with Crippen LogP contribution in [-0.2, 0) is 6.54 Å². The average Bonchev–Trinajstić information content (AvgIpc) is 2.64. The second-order valence-electron chi connectivity index (χ2n) is 3.06. The lowest BCUT2D eigenvalue weighted by Gasteiger charge is -2.12. The first kappa shape index (κ1) is 10.2. The van der Waals surface area contributed by atoms with Crippen LogP contribution >= 0.6 is 0 Å². The van der Waals surface area contributed by atoms with E-state index in [0.29, 0.717) is 6.04 Å². The number of rotatable bonds is 6. The summed E-state index contributed by atoms with van der Waals surface area (Å²) in [5.74, 6) is 0.878. The van der Waals surface area contributed by atoms with Gasteiger partial charge in [0.15, 0.2) is 6.39 Å². The smallest absolute Gasteiger partial charge is 0.180 e. The third kappa shape index (κ3) is 4.05. The number of aromatic nitrogens is 1. The molecule has 0 bridgehead atoms. The first-order valence-corrected chi connectivity index (χ1v) is 4.64. The first-order chi connectivity index (χ1) is 6.33. The van der Waals surface area contributed by atoms with Gasteiger partial charge in [0.2, 0.25) is 0 Å². The Balaban J connectivity index is 2.11. The lowest BCUT2D eigenvalue weighted by Crippen LogP contribution is -2.35. The minimum atomic E-state index is 0.449. The largest absolute Gasteiger partial charge is 0.447 e. The van der Waals surface area contributed by atoms with Crippen molar-refractivity contribution < 1.29 is 4.42 Å². The predicted molar refractivity (Wildman–Crippen MR) is 51.3 cm³/mol. The fourth-order valence-corrected chi connectivity index (χ4v) is 1.04.